The number of piperidine rings is 2. The van der Waals surface area contributed by atoms with Gasteiger partial charge in [0.25, 0.3) is 0 Å². The molecule has 25 heavy (non-hydrogen) atoms. The van der Waals surface area contributed by atoms with E-state index < -0.39 is 0 Å². The molecule has 0 radical (unpaired) electrons. The average Bonchev–Trinajstić information content (AvgIpc) is 3.15. The lowest BCUT2D eigenvalue weighted by Gasteiger charge is -2.38. The van der Waals surface area contributed by atoms with Crippen molar-refractivity contribution in [2.75, 3.05) is 26.2 Å². The Labute approximate surface area is 150 Å². The minimum Gasteiger partial charge on any atom is -0.351 e. The highest BCUT2D eigenvalue weighted by Gasteiger charge is 2.33. The highest BCUT2D eigenvalue weighted by atomic mass is 16.2. The summed E-state index contributed by atoms with van der Waals surface area (Å²) in [6.45, 7) is 6.85. The van der Waals surface area contributed by atoms with Crippen LogP contribution in [-0.4, -0.2) is 58.5 Å². The van der Waals surface area contributed by atoms with Crippen molar-refractivity contribution >= 4 is 11.9 Å². The molecule has 6 nitrogen and oxygen atoms in total. The number of likely N-dealkylation sites (tertiary alicyclic amines) is 2. The summed E-state index contributed by atoms with van der Waals surface area (Å²) in [4.78, 5) is 28.9. The molecule has 6 heteroatoms. The van der Waals surface area contributed by atoms with Gasteiger partial charge in [-0.3, -0.25) is 4.79 Å². The number of nitrogens with zero attached hydrogens (tertiary/aromatic N) is 3. The van der Waals surface area contributed by atoms with E-state index >= 15 is 0 Å². The van der Waals surface area contributed by atoms with Crippen molar-refractivity contribution < 1.29 is 9.59 Å². The van der Waals surface area contributed by atoms with E-state index in [-0.39, 0.29) is 23.9 Å². The molecule has 1 aromatic rings. The van der Waals surface area contributed by atoms with Crippen LogP contribution < -0.4 is 5.32 Å². The normalized spacial score (nSPS) is 22.3. The molecule has 1 aromatic heterocycles. The van der Waals surface area contributed by atoms with Crippen LogP contribution in [0, 0.1) is 5.92 Å². The van der Waals surface area contributed by atoms with Crippen molar-refractivity contribution in [1.29, 1.82) is 0 Å². The highest BCUT2D eigenvalue weighted by molar-refractivity contribution is 5.81. The molecule has 1 unspecified atom stereocenters. The van der Waals surface area contributed by atoms with Gasteiger partial charge < -0.3 is 19.7 Å². The van der Waals surface area contributed by atoms with Crippen LogP contribution in [0.5, 0.6) is 0 Å². The maximum atomic E-state index is 12.9. The van der Waals surface area contributed by atoms with Crippen LogP contribution in [0.3, 0.4) is 0 Å². The molecule has 3 amide bonds. The summed E-state index contributed by atoms with van der Waals surface area (Å²) in [5, 5.41) is 2.93. The molecular formula is C19H30N4O2. The summed E-state index contributed by atoms with van der Waals surface area (Å²) in [6.07, 6.45) is 8.02. The van der Waals surface area contributed by atoms with Crippen molar-refractivity contribution in [2.24, 2.45) is 5.92 Å². The molecule has 3 rings (SSSR count). The lowest BCUT2D eigenvalue weighted by molar-refractivity contribution is -0.138. The molecule has 0 spiro atoms. The quantitative estimate of drug-likeness (QED) is 0.914. The number of urea groups is 1. The Balaban J connectivity index is 1.52. The van der Waals surface area contributed by atoms with Gasteiger partial charge in [-0.05, 0) is 51.7 Å². The molecule has 2 aliphatic rings. The number of amides is 3. The van der Waals surface area contributed by atoms with Crippen LogP contribution in [-0.2, 0) is 4.79 Å². The zero-order valence-corrected chi connectivity index (χ0v) is 15.4. The van der Waals surface area contributed by atoms with Gasteiger partial charge in [-0.2, -0.15) is 0 Å². The molecular weight excluding hydrogens is 316 g/mol. The molecule has 1 N–H and O–H groups in total. The molecule has 1 atom stereocenters. The summed E-state index contributed by atoms with van der Waals surface area (Å²) < 4.78 is 2.25. The van der Waals surface area contributed by atoms with Crippen molar-refractivity contribution in [3.8, 4) is 0 Å². The molecule has 0 bridgehead atoms. The van der Waals surface area contributed by atoms with Crippen LogP contribution in [0.4, 0.5) is 4.79 Å². The number of rotatable bonds is 3. The largest absolute Gasteiger partial charge is 0.351 e. The summed E-state index contributed by atoms with van der Waals surface area (Å²) in [7, 11) is 0. The Kier molecular flexibility index (Phi) is 5.66. The molecule has 2 saturated heterocycles. The van der Waals surface area contributed by atoms with Gasteiger partial charge in [-0.25, -0.2) is 4.79 Å². The Morgan fingerprint density at radius 2 is 1.68 bits per heavy atom. The highest BCUT2D eigenvalue weighted by Crippen LogP contribution is 2.26. The summed E-state index contributed by atoms with van der Waals surface area (Å²) >= 11 is 0. The van der Waals surface area contributed by atoms with E-state index in [9.17, 15) is 9.59 Å². The zero-order valence-electron chi connectivity index (χ0n) is 15.4. The minimum absolute atomic E-state index is 0.0428. The molecule has 0 aromatic carbocycles. The number of hydrogen-bond acceptors (Lipinski definition) is 2. The maximum absolute atomic E-state index is 12.9. The summed E-state index contributed by atoms with van der Waals surface area (Å²) in [5.74, 6) is 0.183. The minimum atomic E-state index is -0.0465. The SMILES string of the molecule is CC(C)NC(=O)N1CCCC(C(=O)N2CCC(n3cccc3)CC2)C1. The second-order valence-corrected chi connectivity index (χ2v) is 7.58. The molecule has 3 heterocycles. The number of carbonyl (C=O) groups is 2. The Hall–Kier alpha value is -1.98. The Morgan fingerprint density at radius 3 is 2.32 bits per heavy atom. The fourth-order valence-corrected chi connectivity index (χ4v) is 3.94. The number of aromatic nitrogens is 1. The van der Waals surface area contributed by atoms with E-state index in [0.29, 0.717) is 12.6 Å². The van der Waals surface area contributed by atoms with Crippen LogP contribution in [0.25, 0.3) is 0 Å². The van der Waals surface area contributed by atoms with Gasteiger partial charge in [0.2, 0.25) is 5.91 Å². The maximum Gasteiger partial charge on any atom is 0.317 e. The third-order valence-electron chi connectivity index (χ3n) is 5.30. The van der Waals surface area contributed by atoms with E-state index in [4.69, 9.17) is 0 Å². The topological polar surface area (TPSA) is 57.6 Å². The van der Waals surface area contributed by atoms with E-state index in [0.717, 1.165) is 45.3 Å². The van der Waals surface area contributed by atoms with Crippen molar-refractivity contribution in [2.45, 2.75) is 51.6 Å². The molecule has 138 valence electrons. The summed E-state index contributed by atoms with van der Waals surface area (Å²) in [5.41, 5.74) is 0. The third-order valence-corrected chi connectivity index (χ3v) is 5.30. The Morgan fingerprint density at radius 1 is 1.00 bits per heavy atom. The fraction of sp³-hybridized carbons (Fsp3) is 0.684. The van der Waals surface area contributed by atoms with E-state index in [2.05, 4.69) is 34.4 Å². The van der Waals surface area contributed by atoms with E-state index in [1.54, 1.807) is 4.90 Å². The van der Waals surface area contributed by atoms with Gasteiger partial charge in [0.1, 0.15) is 0 Å². The first-order valence-electron chi connectivity index (χ1n) is 9.51. The van der Waals surface area contributed by atoms with E-state index in [1.165, 1.54) is 0 Å². The summed E-state index contributed by atoms with van der Waals surface area (Å²) in [6, 6.07) is 4.68. The van der Waals surface area contributed by atoms with Crippen LogP contribution in [0.15, 0.2) is 24.5 Å². The second kappa shape index (κ2) is 7.93. The molecule has 2 aliphatic heterocycles. The average molecular weight is 346 g/mol. The predicted molar refractivity (Wildman–Crippen MR) is 97.2 cm³/mol. The predicted octanol–water partition coefficient (Wildman–Crippen LogP) is 2.48. The van der Waals surface area contributed by atoms with Crippen molar-refractivity contribution in [1.82, 2.24) is 19.7 Å². The molecule has 2 fully saturated rings. The Bertz CT molecular complexity index is 576. The fourth-order valence-electron chi connectivity index (χ4n) is 3.94. The first kappa shape index (κ1) is 17.8. The molecule has 0 aliphatic carbocycles. The zero-order chi connectivity index (χ0) is 17.8. The smallest absolute Gasteiger partial charge is 0.317 e. The van der Waals surface area contributed by atoms with Gasteiger partial charge >= 0.3 is 6.03 Å². The first-order valence-corrected chi connectivity index (χ1v) is 9.51. The van der Waals surface area contributed by atoms with Crippen LogP contribution in [0.1, 0.15) is 45.6 Å². The number of nitrogens with one attached hydrogen (secondary N) is 1. The van der Waals surface area contributed by atoms with Crippen LogP contribution in [0.2, 0.25) is 0 Å². The number of carbonyl (C=O) groups excluding carboxylic acids is 2. The van der Waals surface area contributed by atoms with Crippen molar-refractivity contribution in [3.05, 3.63) is 24.5 Å². The molecule has 0 saturated carbocycles. The van der Waals surface area contributed by atoms with Crippen molar-refractivity contribution in [3.63, 3.8) is 0 Å². The first-order chi connectivity index (χ1) is 12.0. The third kappa shape index (κ3) is 4.35. The lowest BCUT2D eigenvalue weighted by atomic mass is 9.95. The second-order valence-electron chi connectivity index (χ2n) is 7.58. The van der Waals surface area contributed by atoms with E-state index in [1.807, 2.05) is 18.7 Å². The monoisotopic (exact) mass is 346 g/mol. The van der Waals surface area contributed by atoms with Gasteiger partial charge in [-0.1, -0.05) is 0 Å². The lowest BCUT2D eigenvalue weighted by Crippen LogP contribution is -2.51. The standard InChI is InChI=1S/C19H30N4O2/c1-15(2)20-19(25)23-11-5-6-16(14-23)18(24)22-12-7-17(8-13-22)21-9-3-4-10-21/h3-4,9-10,15-17H,5-8,11-14H2,1-2H3,(H,20,25). The van der Waals surface area contributed by atoms with Gasteiger partial charge in [-0.15, -0.1) is 0 Å². The van der Waals surface area contributed by atoms with Crippen LogP contribution >= 0.6 is 0 Å². The number of hydrogen-bond donors (Lipinski definition) is 1. The van der Waals surface area contributed by atoms with Gasteiger partial charge in [0.05, 0.1) is 5.92 Å². The van der Waals surface area contributed by atoms with Gasteiger partial charge in [0.15, 0.2) is 0 Å². The van der Waals surface area contributed by atoms with Gasteiger partial charge in [0, 0.05) is 50.7 Å².